The van der Waals surface area contributed by atoms with Crippen LogP contribution in [0.3, 0.4) is 0 Å². The van der Waals surface area contributed by atoms with Crippen LogP contribution in [0.1, 0.15) is 38.2 Å². The molecule has 1 aromatic rings. The highest BCUT2D eigenvalue weighted by Crippen LogP contribution is 2.35. The van der Waals surface area contributed by atoms with Gasteiger partial charge in [0.1, 0.15) is 0 Å². The molecule has 0 unspecified atom stereocenters. The van der Waals surface area contributed by atoms with Crippen LogP contribution in [-0.2, 0) is 5.41 Å². The Kier molecular flexibility index (Phi) is 3.27. The van der Waals surface area contributed by atoms with Crippen LogP contribution in [0.5, 0.6) is 0 Å². The van der Waals surface area contributed by atoms with Gasteiger partial charge >= 0.3 is 0 Å². The molecule has 0 aromatic heterocycles. The zero-order chi connectivity index (χ0) is 12.5. The Bertz CT molecular complexity index is 428. The lowest BCUT2D eigenvalue weighted by atomic mass is 9.79. The molecule has 0 heterocycles. The van der Waals surface area contributed by atoms with Crippen molar-refractivity contribution in [3.63, 3.8) is 0 Å². The van der Waals surface area contributed by atoms with E-state index in [1.807, 2.05) is 19.1 Å². The third-order valence-corrected chi connectivity index (χ3v) is 3.45. The van der Waals surface area contributed by atoms with Crippen LogP contribution in [0.15, 0.2) is 24.3 Å². The average molecular weight is 240 g/mol. The van der Waals surface area contributed by atoms with Crippen LogP contribution in [0.25, 0.3) is 0 Å². The minimum atomic E-state index is -1.39. The summed E-state index contributed by atoms with van der Waals surface area (Å²) >= 11 is 0. The van der Waals surface area contributed by atoms with Crippen molar-refractivity contribution in [1.82, 2.24) is 0 Å². The molecule has 0 aliphatic heterocycles. The monoisotopic (exact) mass is 240 g/mol. The normalized spacial score (nSPS) is 24.7. The van der Waals surface area contributed by atoms with Gasteiger partial charge in [-0.1, -0.05) is 25.5 Å². The number of hydrogen-bond acceptors (Lipinski definition) is 0. The first-order chi connectivity index (χ1) is 8.03. The zero-order valence-electron chi connectivity index (χ0n) is 9.77. The van der Waals surface area contributed by atoms with E-state index >= 15 is 0 Å². The average Bonchev–Trinajstić information content (AvgIpc) is 2.51. The van der Waals surface area contributed by atoms with Gasteiger partial charge in [-0.15, -0.1) is 0 Å². The second-order valence-electron chi connectivity index (χ2n) is 4.82. The molecule has 0 saturated carbocycles. The molecular weight excluding hydrogens is 225 g/mol. The summed E-state index contributed by atoms with van der Waals surface area (Å²) in [6, 6.07) is 2.21. The molecule has 0 amide bonds. The van der Waals surface area contributed by atoms with Gasteiger partial charge in [-0.25, -0.2) is 13.2 Å². The van der Waals surface area contributed by atoms with Gasteiger partial charge in [0.15, 0.2) is 17.5 Å². The molecule has 0 bridgehead atoms. The molecule has 3 heteroatoms. The van der Waals surface area contributed by atoms with E-state index < -0.39 is 22.9 Å². The van der Waals surface area contributed by atoms with E-state index in [0.29, 0.717) is 5.56 Å². The van der Waals surface area contributed by atoms with E-state index in [1.54, 1.807) is 0 Å². The third kappa shape index (κ3) is 2.38. The van der Waals surface area contributed by atoms with Crippen molar-refractivity contribution in [2.24, 2.45) is 0 Å². The van der Waals surface area contributed by atoms with E-state index in [4.69, 9.17) is 0 Å². The Hall–Kier alpha value is -1.25. The quantitative estimate of drug-likeness (QED) is 0.501. The van der Waals surface area contributed by atoms with E-state index in [1.165, 1.54) is 0 Å². The lowest BCUT2D eigenvalue weighted by molar-refractivity contribution is 0.436. The van der Waals surface area contributed by atoms with Gasteiger partial charge in [-0.05, 0) is 37.0 Å². The van der Waals surface area contributed by atoms with Crippen LogP contribution < -0.4 is 0 Å². The first kappa shape index (κ1) is 12.2. The minimum absolute atomic E-state index is 0.397. The second-order valence-corrected chi connectivity index (χ2v) is 4.82. The van der Waals surface area contributed by atoms with Crippen LogP contribution in [0.2, 0.25) is 0 Å². The van der Waals surface area contributed by atoms with Crippen LogP contribution in [0.4, 0.5) is 13.2 Å². The molecule has 92 valence electrons. The van der Waals surface area contributed by atoms with Crippen LogP contribution in [0, 0.1) is 17.5 Å². The summed E-state index contributed by atoms with van der Waals surface area (Å²) in [5.41, 5.74) is 0.110. The topological polar surface area (TPSA) is 0 Å². The molecule has 0 spiro atoms. The number of rotatable bonds is 1. The first-order valence-corrected chi connectivity index (χ1v) is 5.86. The fraction of sp³-hybridized carbons (Fsp3) is 0.429. The Morgan fingerprint density at radius 1 is 1.06 bits per heavy atom. The standard InChI is InChI=1S/C14H15F3/c1-14(6-4-2-3-5-7-14)10-8-11(15)13(17)12(16)9-10/h4,6,8-9H,2-3,5,7H2,1H3/t14-/m0/s1. The van der Waals surface area contributed by atoms with E-state index in [2.05, 4.69) is 0 Å². The molecule has 1 aliphatic rings. The molecule has 0 radical (unpaired) electrons. The summed E-state index contributed by atoms with van der Waals surface area (Å²) < 4.78 is 39.4. The van der Waals surface area contributed by atoms with Crippen LogP contribution >= 0.6 is 0 Å². The molecule has 17 heavy (non-hydrogen) atoms. The van der Waals surface area contributed by atoms with E-state index in [9.17, 15) is 13.2 Å². The Morgan fingerprint density at radius 2 is 1.71 bits per heavy atom. The molecule has 1 atom stereocenters. The Labute approximate surface area is 99.2 Å². The SMILES string of the molecule is C[C@]1(c2cc(F)c(F)c(F)c2)C=CCCCC1. The van der Waals surface area contributed by atoms with Gasteiger partial charge in [0.05, 0.1) is 0 Å². The van der Waals surface area contributed by atoms with Crippen molar-refractivity contribution in [3.05, 3.63) is 47.3 Å². The fourth-order valence-electron chi connectivity index (χ4n) is 2.31. The van der Waals surface area contributed by atoms with E-state index in [0.717, 1.165) is 37.8 Å². The summed E-state index contributed by atoms with van der Waals surface area (Å²) in [6.45, 7) is 1.93. The lowest BCUT2D eigenvalue weighted by Crippen LogP contribution is -2.19. The second kappa shape index (κ2) is 4.55. The van der Waals surface area contributed by atoms with Crippen LogP contribution in [-0.4, -0.2) is 0 Å². The summed E-state index contributed by atoms with van der Waals surface area (Å²) in [7, 11) is 0. The largest absolute Gasteiger partial charge is 0.204 e. The molecule has 0 fully saturated rings. The predicted molar refractivity (Wildman–Crippen MR) is 61.3 cm³/mol. The lowest BCUT2D eigenvalue weighted by Gasteiger charge is -2.26. The number of halogens is 3. The Balaban J connectivity index is 2.45. The van der Waals surface area contributed by atoms with Gasteiger partial charge in [0.25, 0.3) is 0 Å². The maximum Gasteiger partial charge on any atom is 0.194 e. The van der Waals surface area contributed by atoms with Gasteiger partial charge in [0, 0.05) is 5.41 Å². The smallest absolute Gasteiger partial charge is 0.194 e. The number of allylic oxidation sites excluding steroid dienone is 2. The van der Waals surface area contributed by atoms with Crippen molar-refractivity contribution < 1.29 is 13.2 Å². The maximum absolute atomic E-state index is 13.2. The highest BCUT2D eigenvalue weighted by Gasteiger charge is 2.26. The molecule has 0 nitrogen and oxygen atoms in total. The number of hydrogen-bond donors (Lipinski definition) is 0. The van der Waals surface area contributed by atoms with Crippen molar-refractivity contribution in [2.75, 3.05) is 0 Å². The molecule has 0 saturated heterocycles. The predicted octanol–water partition coefficient (Wildman–Crippen LogP) is 4.49. The van der Waals surface area contributed by atoms with Crippen molar-refractivity contribution in [3.8, 4) is 0 Å². The van der Waals surface area contributed by atoms with Crippen molar-refractivity contribution in [2.45, 2.75) is 38.0 Å². The highest BCUT2D eigenvalue weighted by atomic mass is 19.2. The summed E-state index contributed by atoms with van der Waals surface area (Å²) in [5, 5.41) is 0. The summed E-state index contributed by atoms with van der Waals surface area (Å²) in [5.74, 6) is -3.62. The van der Waals surface area contributed by atoms with E-state index in [-0.39, 0.29) is 0 Å². The fourth-order valence-corrected chi connectivity index (χ4v) is 2.31. The molecule has 0 N–H and O–H groups in total. The third-order valence-electron chi connectivity index (χ3n) is 3.45. The van der Waals surface area contributed by atoms with Gasteiger partial charge in [-0.3, -0.25) is 0 Å². The first-order valence-electron chi connectivity index (χ1n) is 5.86. The zero-order valence-corrected chi connectivity index (χ0v) is 9.77. The van der Waals surface area contributed by atoms with Crippen molar-refractivity contribution in [1.29, 1.82) is 0 Å². The highest BCUT2D eigenvalue weighted by molar-refractivity contribution is 5.32. The minimum Gasteiger partial charge on any atom is -0.204 e. The molecule has 1 aliphatic carbocycles. The van der Waals surface area contributed by atoms with Gasteiger partial charge in [-0.2, -0.15) is 0 Å². The molecule has 2 rings (SSSR count). The van der Waals surface area contributed by atoms with Gasteiger partial charge in [0.2, 0.25) is 0 Å². The molecule has 1 aromatic carbocycles. The Morgan fingerprint density at radius 3 is 2.35 bits per heavy atom. The maximum atomic E-state index is 13.2. The van der Waals surface area contributed by atoms with Gasteiger partial charge < -0.3 is 0 Å². The molecular formula is C14H15F3. The van der Waals surface area contributed by atoms with Crippen molar-refractivity contribution >= 4 is 0 Å². The summed E-state index contributed by atoms with van der Waals surface area (Å²) in [6.07, 6.45) is 7.91. The number of benzene rings is 1. The summed E-state index contributed by atoms with van der Waals surface area (Å²) in [4.78, 5) is 0.